The summed E-state index contributed by atoms with van der Waals surface area (Å²) >= 11 is 0. The van der Waals surface area contributed by atoms with Crippen molar-refractivity contribution in [3.63, 3.8) is 0 Å². The second-order valence-corrected chi connectivity index (χ2v) is 4.19. The van der Waals surface area contributed by atoms with Crippen molar-refractivity contribution in [2.45, 2.75) is 13.0 Å². The molecule has 0 unspecified atom stereocenters. The summed E-state index contributed by atoms with van der Waals surface area (Å²) in [7, 11) is 0. The molecule has 0 spiro atoms. The first-order valence-corrected chi connectivity index (χ1v) is 5.87. The number of aromatic amines is 1. The van der Waals surface area contributed by atoms with Crippen molar-refractivity contribution < 1.29 is 14.4 Å². The smallest absolute Gasteiger partial charge is 0.337 e. The van der Waals surface area contributed by atoms with Crippen LogP contribution in [-0.4, -0.2) is 30.8 Å². The van der Waals surface area contributed by atoms with E-state index in [1.54, 1.807) is 12.1 Å². The first kappa shape index (κ1) is 12.2. The lowest BCUT2D eigenvalue weighted by molar-refractivity contribution is 0.0698. The first-order chi connectivity index (χ1) is 9.66. The number of hydrogen-bond donors (Lipinski definition) is 2. The van der Waals surface area contributed by atoms with Gasteiger partial charge in [0, 0.05) is 13.0 Å². The Bertz CT molecular complexity index is 816. The Morgan fingerprint density at radius 2 is 2.30 bits per heavy atom. The Morgan fingerprint density at radius 3 is 3.00 bits per heavy atom. The van der Waals surface area contributed by atoms with E-state index in [1.165, 1.54) is 17.0 Å². The number of hydrogen-bond acceptors (Lipinski definition) is 5. The van der Waals surface area contributed by atoms with Gasteiger partial charge in [-0.05, 0) is 12.1 Å². The van der Waals surface area contributed by atoms with E-state index in [9.17, 15) is 14.7 Å². The number of rotatable bonds is 4. The predicted octanol–water partition coefficient (Wildman–Crippen LogP) is 0.653. The molecule has 0 saturated heterocycles. The fraction of sp³-hybridized carbons (Fsp3) is 0.167. The molecule has 0 saturated carbocycles. The standard InChI is InChI=1S/C12H10N4O4/c17-11(18)7-2-1-3-8-10(7)16(12(19)14-8)5-4-9-13-6-20-15-9/h1-3,6H,4-5H2,(H,14,19)(H,17,18). The van der Waals surface area contributed by atoms with Crippen LogP contribution >= 0.6 is 0 Å². The summed E-state index contributed by atoms with van der Waals surface area (Å²) in [5.41, 5.74) is 0.572. The van der Waals surface area contributed by atoms with E-state index >= 15 is 0 Å². The van der Waals surface area contributed by atoms with Crippen LogP contribution in [0.25, 0.3) is 11.0 Å². The second-order valence-electron chi connectivity index (χ2n) is 4.19. The van der Waals surface area contributed by atoms with Crippen LogP contribution in [0.3, 0.4) is 0 Å². The summed E-state index contributed by atoms with van der Waals surface area (Å²) in [5.74, 6) is -0.623. The molecule has 0 atom stereocenters. The van der Waals surface area contributed by atoms with Crippen LogP contribution in [-0.2, 0) is 13.0 Å². The maximum absolute atomic E-state index is 11.9. The highest BCUT2D eigenvalue weighted by molar-refractivity contribution is 6.01. The largest absolute Gasteiger partial charge is 0.478 e. The van der Waals surface area contributed by atoms with E-state index in [-0.39, 0.29) is 17.8 Å². The third-order valence-corrected chi connectivity index (χ3v) is 2.99. The van der Waals surface area contributed by atoms with Gasteiger partial charge in [-0.15, -0.1) is 0 Å². The molecule has 0 amide bonds. The lowest BCUT2D eigenvalue weighted by Gasteiger charge is -2.03. The SMILES string of the molecule is O=C(O)c1cccc2[nH]c(=O)n(CCc3ncon3)c12. The van der Waals surface area contributed by atoms with Crippen LogP contribution in [0.1, 0.15) is 16.2 Å². The molecule has 0 bridgehead atoms. The third kappa shape index (κ3) is 1.96. The van der Waals surface area contributed by atoms with Gasteiger partial charge in [-0.3, -0.25) is 4.57 Å². The summed E-state index contributed by atoms with van der Waals surface area (Å²) in [5, 5.41) is 12.9. The lowest BCUT2D eigenvalue weighted by atomic mass is 10.2. The van der Waals surface area contributed by atoms with E-state index in [0.717, 1.165) is 0 Å². The highest BCUT2D eigenvalue weighted by atomic mass is 16.5. The first-order valence-electron chi connectivity index (χ1n) is 5.87. The molecule has 8 nitrogen and oxygen atoms in total. The maximum Gasteiger partial charge on any atom is 0.337 e. The number of aromatic carboxylic acids is 1. The van der Waals surface area contributed by atoms with Gasteiger partial charge in [-0.2, -0.15) is 4.98 Å². The van der Waals surface area contributed by atoms with Crippen molar-refractivity contribution in [1.82, 2.24) is 19.7 Å². The molecule has 1 aromatic carbocycles. The molecule has 0 aliphatic rings. The van der Waals surface area contributed by atoms with Gasteiger partial charge in [-0.25, -0.2) is 9.59 Å². The van der Waals surface area contributed by atoms with E-state index in [2.05, 4.69) is 19.6 Å². The number of benzene rings is 1. The number of carboxylic acid groups (broad SMARTS) is 1. The van der Waals surface area contributed by atoms with E-state index in [0.29, 0.717) is 23.3 Å². The van der Waals surface area contributed by atoms with Crippen molar-refractivity contribution in [3.05, 3.63) is 46.5 Å². The monoisotopic (exact) mass is 274 g/mol. The van der Waals surface area contributed by atoms with Gasteiger partial charge in [0.05, 0.1) is 16.6 Å². The zero-order valence-electron chi connectivity index (χ0n) is 10.2. The molecule has 20 heavy (non-hydrogen) atoms. The summed E-state index contributed by atoms with van der Waals surface area (Å²) in [6, 6.07) is 4.71. The summed E-state index contributed by atoms with van der Waals surface area (Å²) < 4.78 is 5.98. The molecular weight excluding hydrogens is 264 g/mol. The van der Waals surface area contributed by atoms with Gasteiger partial charge < -0.3 is 14.6 Å². The fourth-order valence-corrected chi connectivity index (χ4v) is 2.12. The Morgan fingerprint density at radius 1 is 1.45 bits per heavy atom. The van der Waals surface area contributed by atoms with Crippen LogP contribution in [0.5, 0.6) is 0 Å². The summed E-state index contributed by atoms with van der Waals surface area (Å²) in [4.78, 5) is 29.7. The molecule has 0 fully saturated rings. The Balaban J connectivity index is 2.07. The Hall–Kier alpha value is -2.90. The maximum atomic E-state index is 11.9. The number of carboxylic acids is 1. The fourth-order valence-electron chi connectivity index (χ4n) is 2.12. The molecule has 102 valence electrons. The van der Waals surface area contributed by atoms with Gasteiger partial charge in [0.1, 0.15) is 0 Å². The van der Waals surface area contributed by atoms with Gasteiger partial charge >= 0.3 is 11.7 Å². The van der Waals surface area contributed by atoms with E-state index in [4.69, 9.17) is 0 Å². The topological polar surface area (TPSA) is 114 Å². The van der Waals surface area contributed by atoms with Gasteiger partial charge in [0.15, 0.2) is 5.82 Å². The molecule has 2 N–H and O–H groups in total. The number of imidazole rings is 1. The lowest BCUT2D eigenvalue weighted by Crippen LogP contribution is -2.19. The molecule has 2 aromatic heterocycles. The van der Waals surface area contributed by atoms with Gasteiger partial charge in [-0.1, -0.05) is 11.2 Å². The van der Waals surface area contributed by atoms with Crippen molar-refractivity contribution in [2.75, 3.05) is 0 Å². The highest BCUT2D eigenvalue weighted by Crippen LogP contribution is 2.16. The zero-order chi connectivity index (χ0) is 14.1. The quantitative estimate of drug-likeness (QED) is 0.722. The van der Waals surface area contributed by atoms with Crippen LogP contribution in [0.2, 0.25) is 0 Å². The minimum Gasteiger partial charge on any atom is -0.478 e. The number of aromatic nitrogens is 4. The van der Waals surface area contributed by atoms with Crippen molar-refractivity contribution >= 4 is 17.0 Å². The van der Waals surface area contributed by atoms with Crippen molar-refractivity contribution in [3.8, 4) is 0 Å². The van der Waals surface area contributed by atoms with Crippen molar-refractivity contribution in [1.29, 1.82) is 0 Å². The molecule has 3 rings (SSSR count). The molecule has 0 aliphatic carbocycles. The summed E-state index contributed by atoms with van der Waals surface area (Å²) in [6.07, 6.45) is 1.58. The highest BCUT2D eigenvalue weighted by Gasteiger charge is 2.15. The van der Waals surface area contributed by atoms with Gasteiger partial charge in [0.2, 0.25) is 6.39 Å². The second kappa shape index (κ2) is 4.65. The zero-order valence-corrected chi connectivity index (χ0v) is 10.2. The van der Waals surface area contributed by atoms with E-state index in [1.807, 2.05) is 0 Å². The van der Waals surface area contributed by atoms with Crippen LogP contribution in [0.15, 0.2) is 33.9 Å². The molecule has 8 heteroatoms. The minimum absolute atomic E-state index is 0.0777. The predicted molar refractivity (Wildman–Crippen MR) is 67.5 cm³/mol. The molecule has 0 radical (unpaired) electrons. The van der Waals surface area contributed by atoms with Crippen molar-refractivity contribution in [2.24, 2.45) is 0 Å². The number of carbonyl (C=O) groups is 1. The normalized spacial score (nSPS) is 11.0. The number of aryl methyl sites for hydroxylation is 2. The molecular formula is C12H10N4O4. The third-order valence-electron chi connectivity index (χ3n) is 2.99. The van der Waals surface area contributed by atoms with Gasteiger partial charge in [0.25, 0.3) is 0 Å². The number of fused-ring (bicyclic) bond motifs is 1. The number of nitrogens with zero attached hydrogens (tertiary/aromatic N) is 3. The molecule has 0 aliphatic heterocycles. The molecule has 3 aromatic rings. The summed E-state index contributed by atoms with van der Waals surface area (Å²) in [6.45, 7) is 0.267. The van der Waals surface area contributed by atoms with Crippen LogP contribution < -0.4 is 5.69 Å². The average molecular weight is 274 g/mol. The van der Waals surface area contributed by atoms with E-state index < -0.39 is 5.97 Å². The average Bonchev–Trinajstić information content (AvgIpc) is 3.02. The molecule has 2 heterocycles. The number of para-hydroxylation sites is 1. The number of H-pyrrole nitrogens is 1. The Kier molecular flexibility index (Phi) is 2.82. The van der Waals surface area contributed by atoms with Crippen LogP contribution in [0.4, 0.5) is 0 Å². The Labute approximate surface area is 111 Å². The number of nitrogens with one attached hydrogen (secondary N) is 1. The minimum atomic E-state index is -1.08. The van der Waals surface area contributed by atoms with Crippen LogP contribution in [0, 0.1) is 0 Å².